The molecular formula is C7H14O2. The van der Waals surface area contributed by atoms with Crippen LogP contribution in [-0.4, -0.2) is 19.5 Å². The summed E-state index contributed by atoms with van der Waals surface area (Å²) in [4.78, 5) is 0. The summed E-state index contributed by atoms with van der Waals surface area (Å²) in [5.74, 6) is 0.588. The first-order valence-electron chi connectivity index (χ1n) is 3.57. The predicted octanol–water partition coefficient (Wildman–Crippen LogP) is 1.41. The van der Waals surface area contributed by atoms with Gasteiger partial charge in [-0.2, -0.15) is 0 Å². The fraction of sp³-hybridized carbons (Fsp3) is 1.00. The van der Waals surface area contributed by atoms with Crippen LogP contribution < -0.4 is 0 Å². The van der Waals surface area contributed by atoms with Crippen molar-refractivity contribution in [2.24, 2.45) is 5.92 Å². The Morgan fingerprint density at radius 3 is 2.89 bits per heavy atom. The molecule has 54 valence electrons. The zero-order valence-electron chi connectivity index (χ0n) is 6.09. The van der Waals surface area contributed by atoms with Crippen LogP contribution >= 0.6 is 0 Å². The molecule has 1 aliphatic rings. The van der Waals surface area contributed by atoms with Crippen molar-refractivity contribution in [3.05, 3.63) is 0 Å². The van der Waals surface area contributed by atoms with Crippen molar-refractivity contribution in [3.63, 3.8) is 0 Å². The molecule has 1 aliphatic heterocycles. The Morgan fingerprint density at radius 2 is 2.44 bits per heavy atom. The minimum atomic E-state index is 0.0787. The molecule has 1 saturated heterocycles. The van der Waals surface area contributed by atoms with E-state index in [1.807, 2.05) is 6.92 Å². The summed E-state index contributed by atoms with van der Waals surface area (Å²) in [6.07, 6.45) is 1.22. The third-order valence-electron chi connectivity index (χ3n) is 1.65. The van der Waals surface area contributed by atoms with Crippen LogP contribution in [0.1, 0.15) is 20.3 Å². The third kappa shape index (κ3) is 1.66. The van der Waals surface area contributed by atoms with Gasteiger partial charge in [0.05, 0.1) is 6.61 Å². The smallest absolute Gasteiger partial charge is 0.160 e. The first kappa shape index (κ1) is 7.03. The molecule has 2 nitrogen and oxygen atoms in total. The Kier molecular flexibility index (Phi) is 2.49. The SMILES string of the molecule is CCOC1OCCC1C. The Bertz CT molecular complexity index is 83.0. The molecule has 2 unspecified atom stereocenters. The van der Waals surface area contributed by atoms with E-state index in [2.05, 4.69) is 6.92 Å². The topological polar surface area (TPSA) is 18.5 Å². The van der Waals surface area contributed by atoms with Crippen LogP contribution in [-0.2, 0) is 9.47 Å². The molecule has 0 amide bonds. The second kappa shape index (κ2) is 3.18. The first-order valence-corrected chi connectivity index (χ1v) is 3.57. The van der Waals surface area contributed by atoms with Gasteiger partial charge in [-0.3, -0.25) is 0 Å². The molecule has 1 rings (SSSR count). The van der Waals surface area contributed by atoms with E-state index >= 15 is 0 Å². The monoisotopic (exact) mass is 130 g/mol. The van der Waals surface area contributed by atoms with Gasteiger partial charge in [0.2, 0.25) is 0 Å². The summed E-state index contributed by atoms with van der Waals surface area (Å²) >= 11 is 0. The number of hydrogen-bond donors (Lipinski definition) is 0. The van der Waals surface area contributed by atoms with E-state index in [0.717, 1.165) is 19.6 Å². The molecule has 0 saturated carbocycles. The Morgan fingerprint density at radius 1 is 1.67 bits per heavy atom. The van der Waals surface area contributed by atoms with E-state index in [1.165, 1.54) is 0 Å². The van der Waals surface area contributed by atoms with Crippen molar-refractivity contribution < 1.29 is 9.47 Å². The molecule has 1 heterocycles. The van der Waals surface area contributed by atoms with Crippen molar-refractivity contribution in [1.82, 2.24) is 0 Å². The lowest BCUT2D eigenvalue weighted by atomic mass is 10.1. The Hall–Kier alpha value is -0.0800. The first-order chi connectivity index (χ1) is 4.34. The molecule has 0 aromatic rings. The summed E-state index contributed by atoms with van der Waals surface area (Å²) in [5.41, 5.74) is 0. The van der Waals surface area contributed by atoms with Crippen LogP contribution in [0, 0.1) is 5.92 Å². The summed E-state index contributed by atoms with van der Waals surface area (Å²) in [7, 11) is 0. The average molecular weight is 130 g/mol. The van der Waals surface area contributed by atoms with Crippen molar-refractivity contribution >= 4 is 0 Å². The van der Waals surface area contributed by atoms with Gasteiger partial charge in [-0.25, -0.2) is 0 Å². The quantitative estimate of drug-likeness (QED) is 0.562. The lowest BCUT2D eigenvalue weighted by Gasteiger charge is -2.13. The van der Waals surface area contributed by atoms with Crippen molar-refractivity contribution in [1.29, 1.82) is 0 Å². The summed E-state index contributed by atoms with van der Waals surface area (Å²) in [6.45, 7) is 5.78. The summed E-state index contributed by atoms with van der Waals surface area (Å²) in [6, 6.07) is 0. The van der Waals surface area contributed by atoms with Crippen LogP contribution in [0.4, 0.5) is 0 Å². The van der Waals surface area contributed by atoms with E-state index in [9.17, 15) is 0 Å². The molecular weight excluding hydrogens is 116 g/mol. The van der Waals surface area contributed by atoms with Gasteiger partial charge in [0.15, 0.2) is 6.29 Å². The maximum Gasteiger partial charge on any atom is 0.160 e. The molecule has 0 aromatic heterocycles. The van der Waals surface area contributed by atoms with Gasteiger partial charge in [-0.15, -0.1) is 0 Å². The minimum absolute atomic E-state index is 0.0787. The molecule has 0 radical (unpaired) electrons. The molecule has 0 spiro atoms. The lowest BCUT2D eigenvalue weighted by molar-refractivity contribution is -0.124. The van der Waals surface area contributed by atoms with Crippen LogP contribution in [0.2, 0.25) is 0 Å². The van der Waals surface area contributed by atoms with Crippen LogP contribution in [0.5, 0.6) is 0 Å². The van der Waals surface area contributed by atoms with Crippen LogP contribution in [0.25, 0.3) is 0 Å². The predicted molar refractivity (Wildman–Crippen MR) is 35.1 cm³/mol. The van der Waals surface area contributed by atoms with E-state index in [1.54, 1.807) is 0 Å². The molecule has 0 aromatic carbocycles. The summed E-state index contributed by atoms with van der Waals surface area (Å²) < 4.78 is 10.6. The van der Waals surface area contributed by atoms with E-state index in [4.69, 9.17) is 9.47 Å². The van der Waals surface area contributed by atoms with Crippen molar-refractivity contribution in [2.45, 2.75) is 26.6 Å². The fourth-order valence-corrected chi connectivity index (χ4v) is 1.05. The number of rotatable bonds is 2. The van der Waals surface area contributed by atoms with Crippen LogP contribution in [0.3, 0.4) is 0 Å². The molecule has 2 heteroatoms. The zero-order chi connectivity index (χ0) is 6.69. The highest BCUT2D eigenvalue weighted by Gasteiger charge is 2.23. The van der Waals surface area contributed by atoms with E-state index in [-0.39, 0.29) is 6.29 Å². The number of ether oxygens (including phenoxy) is 2. The second-order valence-electron chi connectivity index (χ2n) is 2.46. The van der Waals surface area contributed by atoms with Crippen molar-refractivity contribution in [2.75, 3.05) is 13.2 Å². The normalized spacial score (nSPS) is 35.3. The standard InChI is InChI=1S/C7H14O2/c1-3-8-7-6(2)4-5-9-7/h6-7H,3-5H2,1-2H3. The molecule has 0 aliphatic carbocycles. The van der Waals surface area contributed by atoms with Gasteiger partial charge in [-0.1, -0.05) is 6.92 Å². The maximum absolute atomic E-state index is 5.29. The third-order valence-corrected chi connectivity index (χ3v) is 1.65. The average Bonchev–Trinajstić information content (AvgIpc) is 2.18. The fourth-order valence-electron chi connectivity index (χ4n) is 1.05. The highest BCUT2D eigenvalue weighted by molar-refractivity contribution is 4.63. The highest BCUT2D eigenvalue weighted by atomic mass is 16.7. The molecule has 1 fully saturated rings. The zero-order valence-corrected chi connectivity index (χ0v) is 6.09. The van der Waals surface area contributed by atoms with Gasteiger partial charge in [0, 0.05) is 12.5 Å². The highest BCUT2D eigenvalue weighted by Crippen LogP contribution is 2.20. The summed E-state index contributed by atoms with van der Waals surface area (Å²) in [5, 5.41) is 0. The van der Waals surface area contributed by atoms with E-state index in [0.29, 0.717) is 5.92 Å². The van der Waals surface area contributed by atoms with Gasteiger partial charge < -0.3 is 9.47 Å². The largest absolute Gasteiger partial charge is 0.353 e. The van der Waals surface area contributed by atoms with Crippen LogP contribution in [0.15, 0.2) is 0 Å². The number of hydrogen-bond acceptors (Lipinski definition) is 2. The van der Waals surface area contributed by atoms with Gasteiger partial charge in [0.25, 0.3) is 0 Å². The Balaban J connectivity index is 2.22. The maximum atomic E-state index is 5.29. The lowest BCUT2D eigenvalue weighted by Crippen LogP contribution is -2.17. The molecule has 0 N–H and O–H groups in total. The Labute approximate surface area is 56.2 Å². The molecule has 0 bridgehead atoms. The van der Waals surface area contributed by atoms with Crippen molar-refractivity contribution in [3.8, 4) is 0 Å². The van der Waals surface area contributed by atoms with E-state index < -0.39 is 0 Å². The minimum Gasteiger partial charge on any atom is -0.353 e. The van der Waals surface area contributed by atoms with Gasteiger partial charge >= 0.3 is 0 Å². The molecule has 9 heavy (non-hydrogen) atoms. The van der Waals surface area contributed by atoms with Gasteiger partial charge in [0.1, 0.15) is 0 Å². The van der Waals surface area contributed by atoms with Gasteiger partial charge in [-0.05, 0) is 13.3 Å². The second-order valence-corrected chi connectivity index (χ2v) is 2.46. The molecule has 2 atom stereocenters.